The zero-order valence-electron chi connectivity index (χ0n) is 12.4. The standard InChI is InChI=1S/C14H20N4S2/c1-5-18-11(16-17-13(18)19)9-10(14(2,3)4)15-12(20-9)8-6-7-8/h8H,5-7H2,1-4H3,(H,17,19). The summed E-state index contributed by atoms with van der Waals surface area (Å²) in [6.07, 6.45) is 2.55. The summed E-state index contributed by atoms with van der Waals surface area (Å²) in [6.45, 7) is 9.54. The van der Waals surface area contributed by atoms with Gasteiger partial charge in [-0.25, -0.2) is 4.98 Å². The van der Waals surface area contributed by atoms with Crippen LogP contribution in [0.15, 0.2) is 0 Å². The van der Waals surface area contributed by atoms with E-state index in [9.17, 15) is 0 Å². The quantitative estimate of drug-likeness (QED) is 0.862. The second-order valence-electron chi connectivity index (χ2n) is 6.35. The number of H-pyrrole nitrogens is 1. The Morgan fingerprint density at radius 2 is 2.10 bits per heavy atom. The van der Waals surface area contributed by atoms with E-state index in [4.69, 9.17) is 17.2 Å². The summed E-state index contributed by atoms with van der Waals surface area (Å²) in [5.41, 5.74) is 1.17. The monoisotopic (exact) mass is 308 g/mol. The Hall–Kier alpha value is -1.01. The van der Waals surface area contributed by atoms with Crippen molar-refractivity contribution in [2.75, 3.05) is 0 Å². The largest absolute Gasteiger partial charge is 0.300 e. The van der Waals surface area contributed by atoms with Crippen molar-refractivity contribution in [3.63, 3.8) is 0 Å². The summed E-state index contributed by atoms with van der Waals surface area (Å²) in [4.78, 5) is 6.10. The highest BCUT2D eigenvalue weighted by Gasteiger charge is 2.32. The van der Waals surface area contributed by atoms with Gasteiger partial charge in [0.2, 0.25) is 0 Å². The lowest BCUT2D eigenvalue weighted by Gasteiger charge is -2.17. The first-order chi connectivity index (χ1) is 9.41. The van der Waals surface area contributed by atoms with Crippen LogP contribution in [0, 0.1) is 4.77 Å². The molecule has 0 spiro atoms. The highest BCUT2D eigenvalue weighted by Crippen LogP contribution is 2.46. The Kier molecular flexibility index (Phi) is 3.33. The van der Waals surface area contributed by atoms with Gasteiger partial charge in [0.25, 0.3) is 0 Å². The van der Waals surface area contributed by atoms with Gasteiger partial charge in [-0.1, -0.05) is 20.8 Å². The van der Waals surface area contributed by atoms with Crippen molar-refractivity contribution in [1.82, 2.24) is 19.7 Å². The molecule has 2 heterocycles. The molecule has 0 aromatic carbocycles. The van der Waals surface area contributed by atoms with Crippen LogP contribution in [0.5, 0.6) is 0 Å². The number of rotatable bonds is 3. The summed E-state index contributed by atoms with van der Waals surface area (Å²) in [5.74, 6) is 1.61. The van der Waals surface area contributed by atoms with Gasteiger partial charge in [0.15, 0.2) is 10.6 Å². The van der Waals surface area contributed by atoms with Gasteiger partial charge >= 0.3 is 0 Å². The third-order valence-electron chi connectivity index (χ3n) is 3.56. The van der Waals surface area contributed by atoms with E-state index in [2.05, 4.69) is 42.5 Å². The Morgan fingerprint density at radius 1 is 1.40 bits per heavy atom. The van der Waals surface area contributed by atoms with Gasteiger partial charge in [-0.2, -0.15) is 5.10 Å². The van der Waals surface area contributed by atoms with E-state index in [1.165, 1.54) is 22.7 Å². The molecule has 0 aliphatic heterocycles. The molecule has 2 aromatic heterocycles. The summed E-state index contributed by atoms with van der Waals surface area (Å²) in [7, 11) is 0. The van der Waals surface area contributed by atoms with Crippen molar-refractivity contribution in [2.24, 2.45) is 0 Å². The maximum atomic E-state index is 5.31. The lowest BCUT2D eigenvalue weighted by atomic mass is 9.91. The van der Waals surface area contributed by atoms with E-state index in [0.717, 1.165) is 18.1 Å². The summed E-state index contributed by atoms with van der Waals surface area (Å²) < 4.78 is 2.73. The number of hydrogen-bond donors (Lipinski definition) is 1. The molecule has 1 aliphatic rings. The van der Waals surface area contributed by atoms with E-state index in [-0.39, 0.29) is 5.41 Å². The summed E-state index contributed by atoms with van der Waals surface area (Å²) >= 11 is 7.10. The van der Waals surface area contributed by atoms with Crippen LogP contribution in [0.4, 0.5) is 0 Å². The molecule has 1 N–H and O–H groups in total. The van der Waals surface area contributed by atoms with E-state index < -0.39 is 0 Å². The molecule has 2 aromatic rings. The Morgan fingerprint density at radius 3 is 2.65 bits per heavy atom. The van der Waals surface area contributed by atoms with Crippen LogP contribution in [0.25, 0.3) is 10.7 Å². The number of hydrogen-bond acceptors (Lipinski definition) is 4. The van der Waals surface area contributed by atoms with Crippen LogP contribution < -0.4 is 0 Å². The molecular formula is C14H20N4S2. The van der Waals surface area contributed by atoms with Crippen molar-refractivity contribution >= 4 is 23.6 Å². The van der Waals surface area contributed by atoms with Crippen LogP contribution >= 0.6 is 23.6 Å². The molecule has 0 radical (unpaired) electrons. The first-order valence-corrected chi connectivity index (χ1v) is 8.31. The molecule has 0 amide bonds. The average molecular weight is 308 g/mol. The second-order valence-corrected chi connectivity index (χ2v) is 7.77. The van der Waals surface area contributed by atoms with Gasteiger partial charge in [-0.15, -0.1) is 11.3 Å². The fraction of sp³-hybridized carbons (Fsp3) is 0.643. The molecule has 108 valence electrons. The van der Waals surface area contributed by atoms with Crippen LogP contribution in [0.3, 0.4) is 0 Å². The van der Waals surface area contributed by atoms with Gasteiger partial charge in [-0.3, -0.25) is 9.67 Å². The molecule has 0 bridgehead atoms. The minimum atomic E-state index is 0.0190. The van der Waals surface area contributed by atoms with E-state index in [1.54, 1.807) is 11.3 Å². The highest BCUT2D eigenvalue weighted by atomic mass is 32.1. The fourth-order valence-corrected chi connectivity index (χ4v) is 3.99. The van der Waals surface area contributed by atoms with Crippen molar-refractivity contribution < 1.29 is 0 Å². The zero-order valence-corrected chi connectivity index (χ0v) is 14.0. The molecule has 4 nitrogen and oxygen atoms in total. The van der Waals surface area contributed by atoms with Gasteiger partial charge in [0.05, 0.1) is 15.6 Å². The van der Waals surface area contributed by atoms with Gasteiger partial charge in [0.1, 0.15) is 0 Å². The topological polar surface area (TPSA) is 46.5 Å². The predicted molar refractivity (Wildman–Crippen MR) is 84.9 cm³/mol. The molecular weight excluding hydrogens is 288 g/mol. The number of nitrogens with zero attached hydrogens (tertiary/aromatic N) is 3. The van der Waals surface area contributed by atoms with Crippen molar-refractivity contribution in [2.45, 2.75) is 58.4 Å². The van der Waals surface area contributed by atoms with E-state index in [0.29, 0.717) is 10.7 Å². The molecule has 1 fully saturated rings. The molecule has 6 heteroatoms. The summed E-state index contributed by atoms with van der Waals surface area (Å²) in [5, 5.41) is 8.62. The van der Waals surface area contributed by atoms with E-state index in [1.807, 2.05) is 0 Å². The zero-order chi connectivity index (χ0) is 14.5. The maximum Gasteiger partial charge on any atom is 0.195 e. The number of aromatic amines is 1. The van der Waals surface area contributed by atoms with Crippen LogP contribution in [0.1, 0.15) is 57.2 Å². The molecule has 0 atom stereocenters. The van der Waals surface area contributed by atoms with Gasteiger partial charge in [-0.05, 0) is 32.0 Å². The van der Waals surface area contributed by atoms with E-state index >= 15 is 0 Å². The third-order valence-corrected chi connectivity index (χ3v) is 5.08. The first kappa shape index (κ1) is 13.9. The SMILES string of the molecule is CCn1c(-c2sc(C3CC3)nc2C(C)(C)C)n[nH]c1=S. The number of thiazole rings is 1. The lowest BCUT2D eigenvalue weighted by Crippen LogP contribution is -2.14. The number of aromatic nitrogens is 4. The van der Waals surface area contributed by atoms with Crippen LogP contribution in [-0.2, 0) is 12.0 Å². The van der Waals surface area contributed by atoms with Crippen molar-refractivity contribution in [1.29, 1.82) is 0 Å². The fourth-order valence-electron chi connectivity index (χ4n) is 2.29. The minimum Gasteiger partial charge on any atom is -0.300 e. The number of nitrogens with one attached hydrogen (secondary N) is 1. The van der Waals surface area contributed by atoms with Gasteiger partial charge in [0, 0.05) is 17.9 Å². The third kappa shape index (κ3) is 2.35. The first-order valence-electron chi connectivity index (χ1n) is 7.08. The maximum absolute atomic E-state index is 5.31. The normalized spacial score (nSPS) is 15.8. The molecule has 3 rings (SSSR count). The second kappa shape index (κ2) is 4.77. The molecule has 20 heavy (non-hydrogen) atoms. The minimum absolute atomic E-state index is 0.0190. The molecule has 1 aliphatic carbocycles. The van der Waals surface area contributed by atoms with Crippen molar-refractivity contribution in [3.8, 4) is 10.7 Å². The Bertz CT molecular complexity index is 683. The van der Waals surface area contributed by atoms with Gasteiger partial charge < -0.3 is 0 Å². The molecule has 0 saturated heterocycles. The Balaban J connectivity index is 2.18. The molecule has 0 unspecified atom stereocenters. The average Bonchev–Trinajstić information content (AvgIpc) is 3.00. The summed E-state index contributed by atoms with van der Waals surface area (Å²) in [6, 6.07) is 0. The lowest BCUT2D eigenvalue weighted by molar-refractivity contribution is 0.571. The Labute approximate surface area is 128 Å². The van der Waals surface area contributed by atoms with Crippen molar-refractivity contribution in [3.05, 3.63) is 15.5 Å². The highest BCUT2D eigenvalue weighted by molar-refractivity contribution is 7.71. The predicted octanol–water partition coefficient (Wildman–Crippen LogP) is 4.26. The van der Waals surface area contributed by atoms with Crippen LogP contribution in [-0.4, -0.2) is 19.7 Å². The smallest absolute Gasteiger partial charge is 0.195 e. The van der Waals surface area contributed by atoms with Crippen LogP contribution in [0.2, 0.25) is 0 Å². The molecule has 1 saturated carbocycles.